The molecule has 0 spiro atoms. The van der Waals surface area contributed by atoms with Gasteiger partial charge in [0.25, 0.3) is 5.56 Å². The number of rotatable bonds is 10. The van der Waals surface area contributed by atoms with Crippen molar-refractivity contribution in [3.8, 4) is 0 Å². The summed E-state index contributed by atoms with van der Waals surface area (Å²) in [6.07, 6.45) is 2.38. The lowest BCUT2D eigenvalue weighted by Crippen LogP contribution is -2.31. The molecule has 2 aromatic heterocycles. The van der Waals surface area contributed by atoms with Crippen LogP contribution >= 0.6 is 0 Å². The Morgan fingerprint density at radius 2 is 1.88 bits per heavy atom. The van der Waals surface area contributed by atoms with E-state index in [4.69, 9.17) is 0 Å². The molecule has 0 fully saturated rings. The van der Waals surface area contributed by atoms with E-state index in [9.17, 15) is 14.4 Å². The molecule has 0 saturated carbocycles. The predicted molar refractivity (Wildman–Crippen MR) is 126 cm³/mol. The molecule has 0 aliphatic rings. The third kappa shape index (κ3) is 5.55. The van der Waals surface area contributed by atoms with Crippen LogP contribution in [0.25, 0.3) is 11.2 Å². The molecule has 1 amide bonds. The second kappa shape index (κ2) is 10.4. The van der Waals surface area contributed by atoms with E-state index in [1.807, 2.05) is 42.7 Å². The van der Waals surface area contributed by atoms with Crippen LogP contribution in [-0.2, 0) is 30.8 Å². The van der Waals surface area contributed by atoms with E-state index in [0.29, 0.717) is 43.0 Å². The lowest BCUT2D eigenvalue weighted by atomic mass is 10.1. The second-order valence-corrected chi connectivity index (χ2v) is 8.73. The number of nitrogens with zero attached hydrogens (tertiary/aromatic N) is 3. The molecule has 0 saturated heterocycles. The van der Waals surface area contributed by atoms with Crippen LogP contribution in [0.15, 0.2) is 33.9 Å². The van der Waals surface area contributed by atoms with E-state index < -0.39 is 11.2 Å². The normalized spacial score (nSPS) is 11.4. The van der Waals surface area contributed by atoms with Crippen molar-refractivity contribution >= 4 is 17.1 Å². The standard InChI is InChI=1S/C24H33N5O3/c1-5-6-13-28-22-21(23(31)27-24(28)32)29(15-16(2)3)19(26-22)11-12-20(30)25-14-18-9-7-17(4)8-10-18/h7-10,16H,5-6,11-15H2,1-4H3,(H,25,30)(H,27,31,32). The topological polar surface area (TPSA) is 102 Å². The van der Waals surface area contributed by atoms with Crippen LogP contribution in [-0.4, -0.2) is 25.0 Å². The third-order valence-electron chi connectivity index (χ3n) is 5.43. The van der Waals surface area contributed by atoms with Gasteiger partial charge in [-0.1, -0.05) is 57.0 Å². The van der Waals surface area contributed by atoms with Crippen molar-refractivity contribution in [1.29, 1.82) is 0 Å². The van der Waals surface area contributed by atoms with Crippen LogP contribution in [0.4, 0.5) is 0 Å². The number of unbranched alkanes of at least 4 members (excludes halogenated alkanes) is 1. The van der Waals surface area contributed by atoms with Crippen LogP contribution in [0.3, 0.4) is 0 Å². The maximum absolute atomic E-state index is 12.7. The Labute approximate surface area is 187 Å². The Kier molecular flexibility index (Phi) is 7.66. The minimum absolute atomic E-state index is 0.0778. The number of fused-ring (bicyclic) bond motifs is 1. The molecular weight excluding hydrogens is 406 g/mol. The zero-order valence-electron chi connectivity index (χ0n) is 19.4. The number of carbonyl (C=O) groups excluding carboxylic acids is 1. The number of H-pyrrole nitrogens is 1. The predicted octanol–water partition coefficient (Wildman–Crippen LogP) is 2.90. The first-order chi connectivity index (χ1) is 15.3. The Balaban J connectivity index is 1.83. The molecule has 2 N–H and O–H groups in total. The summed E-state index contributed by atoms with van der Waals surface area (Å²) in [5.74, 6) is 0.850. The molecule has 32 heavy (non-hydrogen) atoms. The number of carbonyl (C=O) groups is 1. The monoisotopic (exact) mass is 439 g/mol. The van der Waals surface area contributed by atoms with Gasteiger partial charge in [-0.3, -0.25) is 19.1 Å². The summed E-state index contributed by atoms with van der Waals surface area (Å²) in [7, 11) is 0. The first-order valence-electron chi connectivity index (χ1n) is 11.3. The maximum Gasteiger partial charge on any atom is 0.330 e. The Morgan fingerprint density at radius 1 is 1.16 bits per heavy atom. The molecule has 0 radical (unpaired) electrons. The molecular formula is C24H33N5O3. The highest BCUT2D eigenvalue weighted by atomic mass is 16.2. The Bertz CT molecular complexity index is 1190. The van der Waals surface area contributed by atoms with Crippen LogP contribution in [0.5, 0.6) is 0 Å². The van der Waals surface area contributed by atoms with E-state index in [-0.39, 0.29) is 18.2 Å². The van der Waals surface area contributed by atoms with Gasteiger partial charge in [-0.25, -0.2) is 9.78 Å². The number of amides is 1. The van der Waals surface area contributed by atoms with Gasteiger partial charge in [-0.2, -0.15) is 0 Å². The average Bonchev–Trinajstić information content (AvgIpc) is 3.09. The molecule has 0 atom stereocenters. The smallest absolute Gasteiger partial charge is 0.330 e. The lowest BCUT2D eigenvalue weighted by Gasteiger charge is -2.11. The first-order valence-corrected chi connectivity index (χ1v) is 11.3. The van der Waals surface area contributed by atoms with Crippen molar-refractivity contribution in [3.63, 3.8) is 0 Å². The van der Waals surface area contributed by atoms with E-state index in [1.54, 1.807) is 0 Å². The van der Waals surface area contributed by atoms with Crippen LogP contribution in [0.2, 0.25) is 0 Å². The van der Waals surface area contributed by atoms with E-state index >= 15 is 0 Å². The van der Waals surface area contributed by atoms with Gasteiger partial charge in [0.1, 0.15) is 5.82 Å². The second-order valence-electron chi connectivity index (χ2n) is 8.73. The summed E-state index contributed by atoms with van der Waals surface area (Å²) in [5, 5.41) is 2.94. The van der Waals surface area contributed by atoms with Gasteiger partial charge in [-0.15, -0.1) is 0 Å². The van der Waals surface area contributed by atoms with E-state index in [1.165, 1.54) is 10.1 Å². The summed E-state index contributed by atoms with van der Waals surface area (Å²) in [6.45, 7) is 9.75. The highest BCUT2D eigenvalue weighted by Gasteiger charge is 2.19. The third-order valence-corrected chi connectivity index (χ3v) is 5.43. The molecule has 3 rings (SSSR count). The van der Waals surface area contributed by atoms with Crippen molar-refractivity contribution in [3.05, 3.63) is 62.1 Å². The molecule has 8 heteroatoms. The number of hydrogen-bond donors (Lipinski definition) is 2. The van der Waals surface area contributed by atoms with Gasteiger partial charge >= 0.3 is 5.69 Å². The number of aromatic amines is 1. The number of aryl methyl sites for hydroxylation is 3. The van der Waals surface area contributed by atoms with Crippen LogP contribution in [0.1, 0.15) is 57.0 Å². The molecule has 8 nitrogen and oxygen atoms in total. The molecule has 0 bridgehead atoms. The molecule has 0 unspecified atom stereocenters. The van der Waals surface area contributed by atoms with Crippen LogP contribution < -0.4 is 16.6 Å². The quantitative estimate of drug-likeness (QED) is 0.507. The molecule has 1 aromatic carbocycles. The van der Waals surface area contributed by atoms with Crippen molar-refractivity contribution in [2.24, 2.45) is 5.92 Å². The fourth-order valence-corrected chi connectivity index (χ4v) is 3.71. The van der Waals surface area contributed by atoms with Crippen molar-refractivity contribution in [2.45, 2.75) is 73.0 Å². The van der Waals surface area contributed by atoms with Crippen molar-refractivity contribution in [1.82, 2.24) is 24.4 Å². The average molecular weight is 440 g/mol. The fourth-order valence-electron chi connectivity index (χ4n) is 3.71. The fraction of sp³-hybridized carbons (Fsp3) is 0.500. The minimum Gasteiger partial charge on any atom is -0.352 e. The molecule has 0 aliphatic heterocycles. The zero-order chi connectivity index (χ0) is 23.3. The summed E-state index contributed by atoms with van der Waals surface area (Å²) >= 11 is 0. The number of nitrogens with one attached hydrogen (secondary N) is 2. The van der Waals surface area contributed by atoms with E-state index in [0.717, 1.165) is 18.4 Å². The SMILES string of the molecule is CCCCn1c(=O)[nH]c(=O)c2c1nc(CCC(=O)NCc1ccc(C)cc1)n2CC(C)C. The highest BCUT2D eigenvalue weighted by molar-refractivity contribution is 5.76. The number of imidazole rings is 1. The minimum atomic E-state index is -0.437. The summed E-state index contributed by atoms with van der Waals surface area (Å²) in [5.41, 5.74) is 2.17. The van der Waals surface area contributed by atoms with Gasteiger partial charge in [0.05, 0.1) is 0 Å². The van der Waals surface area contributed by atoms with Gasteiger partial charge < -0.3 is 9.88 Å². The van der Waals surface area contributed by atoms with Crippen molar-refractivity contribution < 1.29 is 4.79 Å². The number of aromatic nitrogens is 4. The number of hydrogen-bond acceptors (Lipinski definition) is 4. The molecule has 0 aliphatic carbocycles. The zero-order valence-corrected chi connectivity index (χ0v) is 19.4. The first kappa shape index (κ1) is 23.5. The van der Waals surface area contributed by atoms with E-state index in [2.05, 4.69) is 29.1 Å². The van der Waals surface area contributed by atoms with Crippen LogP contribution in [0, 0.1) is 12.8 Å². The maximum atomic E-state index is 12.7. The number of benzene rings is 1. The lowest BCUT2D eigenvalue weighted by molar-refractivity contribution is -0.121. The molecule has 3 aromatic rings. The summed E-state index contributed by atoms with van der Waals surface area (Å²) in [4.78, 5) is 44.6. The van der Waals surface area contributed by atoms with Crippen molar-refractivity contribution in [2.75, 3.05) is 0 Å². The molecule has 2 heterocycles. The highest BCUT2D eigenvalue weighted by Crippen LogP contribution is 2.16. The van der Waals surface area contributed by atoms with Gasteiger partial charge in [0, 0.05) is 32.5 Å². The largest absolute Gasteiger partial charge is 0.352 e. The summed E-state index contributed by atoms with van der Waals surface area (Å²) in [6, 6.07) is 8.04. The Morgan fingerprint density at radius 3 is 2.53 bits per heavy atom. The van der Waals surface area contributed by atoms with Gasteiger partial charge in [0.15, 0.2) is 11.2 Å². The van der Waals surface area contributed by atoms with Gasteiger partial charge in [0.2, 0.25) is 5.91 Å². The molecule has 172 valence electrons. The Hall–Kier alpha value is -3.16. The summed E-state index contributed by atoms with van der Waals surface area (Å²) < 4.78 is 3.41. The van der Waals surface area contributed by atoms with Gasteiger partial charge in [-0.05, 0) is 24.8 Å².